The molecule has 0 spiro atoms. The van der Waals surface area contributed by atoms with Crippen LogP contribution in [0.1, 0.15) is 22.2 Å². The van der Waals surface area contributed by atoms with E-state index in [1.807, 2.05) is 13.0 Å². The molecule has 0 saturated heterocycles. The van der Waals surface area contributed by atoms with E-state index >= 15 is 0 Å². The predicted octanol–water partition coefficient (Wildman–Crippen LogP) is 4.26. The Morgan fingerprint density at radius 2 is 2.21 bits per heavy atom. The Kier molecular flexibility index (Phi) is 3.17. The van der Waals surface area contributed by atoms with Crippen LogP contribution < -0.4 is 5.32 Å². The van der Waals surface area contributed by atoms with Gasteiger partial charge in [-0.1, -0.05) is 29.8 Å². The van der Waals surface area contributed by atoms with Crippen molar-refractivity contribution >= 4 is 44.9 Å². The molecule has 3 rings (SSSR count). The number of carbonyl (C=O) groups is 1. The molecule has 96 valence electrons. The maximum atomic E-state index is 10.9. The van der Waals surface area contributed by atoms with Crippen LogP contribution in [0, 0.1) is 0 Å². The molecule has 1 aliphatic heterocycles. The highest BCUT2D eigenvalue weighted by Crippen LogP contribution is 2.35. The monoisotopic (exact) mass is 289 g/mol. The van der Waals surface area contributed by atoms with Gasteiger partial charge in [0.05, 0.1) is 9.90 Å². The highest BCUT2D eigenvalue weighted by Gasteiger charge is 2.12. The van der Waals surface area contributed by atoms with Crippen LogP contribution in [-0.4, -0.2) is 12.8 Å². The summed E-state index contributed by atoms with van der Waals surface area (Å²) < 4.78 is 1.05. The Labute approximate surface area is 120 Å². The SMILES string of the molecule is CC1=CC=C(c2ccc3c(Cl)c(C=O)sc3c2)CN1. The van der Waals surface area contributed by atoms with E-state index in [2.05, 4.69) is 29.6 Å². The lowest BCUT2D eigenvalue weighted by Gasteiger charge is -2.14. The summed E-state index contributed by atoms with van der Waals surface area (Å²) >= 11 is 7.60. The van der Waals surface area contributed by atoms with Crippen LogP contribution in [-0.2, 0) is 0 Å². The second-order valence-corrected chi connectivity index (χ2v) is 5.97. The topological polar surface area (TPSA) is 29.1 Å². The highest BCUT2D eigenvalue weighted by molar-refractivity contribution is 7.21. The van der Waals surface area contributed by atoms with Gasteiger partial charge in [0.1, 0.15) is 0 Å². The van der Waals surface area contributed by atoms with Crippen molar-refractivity contribution in [2.45, 2.75) is 6.92 Å². The van der Waals surface area contributed by atoms with Gasteiger partial charge in [-0.25, -0.2) is 0 Å². The normalized spacial score (nSPS) is 14.8. The first-order valence-corrected chi connectivity index (χ1v) is 7.17. The van der Waals surface area contributed by atoms with Crippen molar-refractivity contribution in [2.24, 2.45) is 0 Å². The van der Waals surface area contributed by atoms with E-state index in [1.165, 1.54) is 28.2 Å². The predicted molar refractivity (Wildman–Crippen MR) is 82.0 cm³/mol. The Hall–Kier alpha value is -1.58. The third-order valence-electron chi connectivity index (χ3n) is 3.22. The summed E-state index contributed by atoms with van der Waals surface area (Å²) in [6, 6.07) is 6.14. The van der Waals surface area contributed by atoms with Crippen molar-refractivity contribution in [1.29, 1.82) is 0 Å². The third kappa shape index (κ3) is 2.20. The van der Waals surface area contributed by atoms with Gasteiger partial charge in [0.25, 0.3) is 0 Å². The van der Waals surface area contributed by atoms with Crippen LogP contribution in [0.25, 0.3) is 15.7 Å². The smallest absolute Gasteiger partial charge is 0.161 e. The van der Waals surface area contributed by atoms with Crippen molar-refractivity contribution < 1.29 is 4.79 Å². The molecule has 1 aromatic carbocycles. The molecule has 0 aliphatic carbocycles. The Morgan fingerprint density at radius 1 is 1.37 bits per heavy atom. The van der Waals surface area contributed by atoms with Gasteiger partial charge >= 0.3 is 0 Å². The number of thiophene rings is 1. The van der Waals surface area contributed by atoms with Gasteiger partial charge in [0.15, 0.2) is 6.29 Å². The molecule has 4 heteroatoms. The number of rotatable bonds is 2. The molecular weight excluding hydrogens is 278 g/mol. The Balaban J connectivity index is 2.10. The van der Waals surface area contributed by atoms with E-state index in [4.69, 9.17) is 11.6 Å². The Morgan fingerprint density at radius 3 is 2.89 bits per heavy atom. The van der Waals surface area contributed by atoms with Crippen LogP contribution in [0.15, 0.2) is 36.0 Å². The van der Waals surface area contributed by atoms with Crippen LogP contribution in [0.5, 0.6) is 0 Å². The second kappa shape index (κ2) is 4.83. The lowest BCUT2D eigenvalue weighted by Crippen LogP contribution is -2.16. The number of allylic oxidation sites excluding steroid dienone is 3. The lowest BCUT2D eigenvalue weighted by molar-refractivity contribution is 0.112. The molecule has 19 heavy (non-hydrogen) atoms. The molecule has 1 aromatic heterocycles. The summed E-state index contributed by atoms with van der Waals surface area (Å²) in [5, 5.41) is 4.84. The summed E-state index contributed by atoms with van der Waals surface area (Å²) in [7, 11) is 0. The summed E-state index contributed by atoms with van der Waals surface area (Å²) in [4.78, 5) is 11.5. The fourth-order valence-corrected chi connectivity index (χ4v) is 3.47. The minimum absolute atomic E-state index is 0.563. The summed E-state index contributed by atoms with van der Waals surface area (Å²) in [5.74, 6) is 0. The number of hydrogen-bond donors (Lipinski definition) is 1. The molecule has 0 bridgehead atoms. The van der Waals surface area contributed by atoms with E-state index < -0.39 is 0 Å². The number of carbonyl (C=O) groups excluding carboxylic acids is 1. The van der Waals surface area contributed by atoms with Gasteiger partial charge in [0.2, 0.25) is 0 Å². The standard InChI is InChI=1S/C15H12ClNOS/c1-9-2-3-11(7-17-9)10-4-5-12-13(6-10)19-14(8-18)15(12)16/h2-6,8,17H,7H2,1H3. The summed E-state index contributed by atoms with van der Waals surface area (Å²) in [5.41, 5.74) is 3.58. The number of halogens is 1. The molecule has 0 amide bonds. The molecule has 1 N–H and O–H groups in total. The van der Waals surface area contributed by atoms with E-state index in [-0.39, 0.29) is 0 Å². The van der Waals surface area contributed by atoms with Gasteiger partial charge < -0.3 is 5.32 Å². The number of dihydropyridines is 1. The van der Waals surface area contributed by atoms with E-state index in [9.17, 15) is 4.79 Å². The van der Waals surface area contributed by atoms with Crippen molar-refractivity contribution in [1.82, 2.24) is 5.32 Å². The highest BCUT2D eigenvalue weighted by atomic mass is 35.5. The van der Waals surface area contributed by atoms with E-state index in [0.29, 0.717) is 9.90 Å². The number of fused-ring (bicyclic) bond motifs is 1. The minimum atomic E-state index is 0.563. The van der Waals surface area contributed by atoms with Crippen LogP contribution in [0.3, 0.4) is 0 Å². The molecular formula is C15H12ClNOS. The average molecular weight is 290 g/mol. The van der Waals surface area contributed by atoms with Gasteiger partial charge in [-0.3, -0.25) is 4.79 Å². The fourth-order valence-electron chi connectivity index (χ4n) is 2.14. The largest absolute Gasteiger partial charge is 0.384 e. The molecule has 1 aliphatic rings. The molecule has 0 atom stereocenters. The van der Waals surface area contributed by atoms with E-state index in [0.717, 1.165) is 22.9 Å². The number of benzene rings is 1. The average Bonchev–Trinajstić information content (AvgIpc) is 2.76. The second-order valence-electron chi connectivity index (χ2n) is 4.50. The lowest BCUT2D eigenvalue weighted by atomic mass is 10.0. The van der Waals surface area contributed by atoms with Crippen LogP contribution >= 0.6 is 22.9 Å². The molecule has 0 radical (unpaired) electrons. The zero-order valence-corrected chi connectivity index (χ0v) is 11.9. The van der Waals surface area contributed by atoms with Gasteiger partial charge in [0, 0.05) is 22.3 Å². The van der Waals surface area contributed by atoms with Crippen LogP contribution in [0.2, 0.25) is 5.02 Å². The zero-order chi connectivity index (χ0) is 13.4. The first-order valence-electron chi connectivity index (χ1n) is 5.98. The molecule has 2 aromatic rings. The maximum absolute atomic E-state index is 10.9. The van der Waals surface area contributed by atoms with Gasteiger partial charge in [-0.05, 0) is 30.2 Å². The van der Waals surface area contributed by atoms with Gasteiger partial charge in [-0.2, -0.15) is 0 Å². The molecule has 0 unspecified atom stereocenters. The number of nitrogens with one attached hydrogen (secondary N) is 1. The molecule has 0 saturated carbocycles. The summed E-state index contributed by atoms with van der Waals surface area (Å²) in [6.45, 7) is 2.87. The zero-order valence-electron chi connectivity index (χ0n) is 10.4. The van der Waals surface area contributed by atoms with Crippen molar-refractivity contribution in [2.75, 3.05) is 6.54 Å². The summed E-state index contributed by atoms with van der Waals surface area (Å²) in [6.07, 6.45) is 5.02. The van der Waals surface area contributed by atoms with Crippen molar-refractivity contribution in [3.05, 3.63) is 51.5 Å². The third-order valence-corrected chi connectivity index (χ3v) is 4.82. The molecule has 2 nitrogen and oxygen atoms in total. The van der Waals surface area contributed by atoms with Crippen molar-refractivity contribution in [3.63, 3.8) is 0 Å². The quantitative estimate of drug-likeness (QED) is 0.837. The number of aldehydes is 1. The first kappa shape index (κ1) is 12.5. The van der Waals surface area contributed by atoms with Gasteiger partial charge in [-0.15, -0.1) is 11.3 Å². The number of hydrogen-bond acceptors (Lipinski definition) is 3. The van der Waals surface area contributed by atoms with Crippen LogP contribution in [0.4, 0.5) is 0 Å². The van der Waals surface area contributed by atoms with E-state index in [1.54, 1.807) is 0 Å². The van der Waals surface area contributed by atoms with Crippen molar-refractivity contribution in [3.8, 4) is 0 Å². The fraction of sp³-hybridized carbons (Fsp3) is 0.133. The minimum Gasteiger partial charge on any atom is -0.384 e. The maximum Gasteiger partial charge on any atom is 0.161 e. The first-order chi connectivity index (χ1) is 9.19. The molecule has 0 fully saturated rings. The molecule has 2 heterocycles. The Bertz CT molecular complexity index is 727.